The number of carbonyl (C=O) groups is 1. The Kier molecular flexibility index (Phi) is 3.66. The molecule has 0 atom stereocenters. The maximum atomic E-state index is 12.2. The molecule has 3 nitrogen and oxygen atoms in total. The summed E-state index contributed by atoms with van der Waals surface area (Å²) in [6.07, 6.45) is 1.34. The molecule has 2 rings (SSSR count). The lowest BCUT2D eigenvalue weighted by Crippen LogP contribution is -2.06. The van der Waals surface area contributed by atoms with Gasteiger partial charge in [0.15, 0.2) is 5.78 Å². The molecule has 0 fully saturated rings. The van der Waals surface area contributed by atoms with Crippen molar-refractivity contribution in [3.05, 3.63) is 38.8 Å². The lowest BCUT2D eigenvalue weighted by atomic mass is 10.1. The third-order valence-corrected chi connectivity index (χ3v) is 4.37. The van der Waals surface area contributed by atoms with Crippen LogP contribution in [0.5, 0.6) is 0 Å². The van der Waals surface area contributed by atoms with Crippen LogP contribution < -0.4 is 0 Å². The Bertz CT molecular complexity index is 561. The van der Waals surface area contributed by atoms with Crippen LogP contribution in [0.1, 0.15) is 38.4 Å². The lowest BCUT2D eigenvalue weighted by molar-refractivity contribution is 0.0994. The van der Waals surface area contributed by atoms with Gasteiger partial charge in [0.05, 0.1) is 17.0 Å². The van der Waals surface area contributed by atoms with Crippen molar-refractivity contribution in [2.24, 2.45) is 7.05 Å². The minimum atomic E-state index is 0.182. The zero-order valence-corrected chi connectivity index (χ0v) is 12.1. The van der Waals surface area contributed by atoms with Crippen molar-refractivity contribution in [3.8, 4) is 0 Å². The van der Waals surface area contributed by atoms with E-state index < -0.39 is 0 Å². The van der Waals surface area contributed by atoms with E-state index in [-0.39, 0.29) is 5.78 Å². The minimum absolute atomic E-state index is 0.182. The summed E-state index contributed by atoms with van der Waals surface area (Å²) in [7, 11) is 1.90. The van der Waals surface area contributed by atoms with Gasteiger partial charge in [-0.05, 0) is 38.0 Å². The monoisotopic (exact) mass is 262 g/mol. The summed E-state index contributed by atoms with van der Waals surface area (Å²) in [6.45, 7) is 6.16. The summed E-state index contributed by atoms with van der Waals surface area (Å²) < 4.78 is 1.81. The van der Waals surface area contributed by atoms with Gasteiger partial charge < -0.3 is 0 Å². The summed E-state index contributed by atoms with van der Waals surface area (Å²) >= 11 is 1.58. The van der Waals surface area contributed by atoms with Crippen molar-refractivity contribution in [1.82, 2.24) is 9.78 Å². The van der Waals surface area contributed by atoms with Crippen LogP contribution in [-0.2, 0) is 19.9 Å². The average molecular weight is 262 g/mol. The van der Waals surface area contributed by atoms with Gasteiger partial charge in [-0.3, -0.25) is 9.48 Å². The molecule has 0 unspecified atom stereocenters. The van der Waals surface area contributed by atoms with Crippen LogP contribution in [-0.4, -0.2) is 15.6 Å². The number of thiophene rings is 1. The minimum Gasteiger partial charge on any atom is -0.293 e. The fourth-order valence-electron chi connectivity index (χ4n) is 1.87. The second-order valence-electron chi connectivity index (χ2n) is 4.55. The summed E-state index contributed by atoms with van der Waals surface area (Å²) in [5.74, 6) is 0.182. The molecule has 96 valence electrons. The van der Waals surface area contributed by atoms with E-state index in [4.69, 9.17) is 0 Å². The Morgan fingerprint density at radius 1 is 1.39 bits per heavy atom. The van der Waals surface area contributed by atoms with Crippen molar-refractivity contribution < 1.29 is 4.79 Å². The van der Waals surface area contributed by atoms with E-state index in [1.807, 2.05) is 30.8 Å². The number of aryl methyl sites for hydroxylation is 4. The van der Waals surface area contributed by atoms with Gasteiger partial charge in [0.25, 0.3) is 0 Å². The fraction of sp³-hybridized carbons (Fsp3) is 0.429. The van der Waals surface area contributed by atoms with Crippen molar-refractivity contribution in [2.75, 3.05) is 0 Å². The van der Waals surface area contributed by atoms with E-state index in [1.54, 1.807) is 11.3 Å². The number of nitrogens with zero attached hydrogens (tertiary/aromatic N) is 2. The molecule has 0 amide bonds. The molecular weight excluding hydrogens is 244 g/mol. The topological polar surface area (TPSA) is 34.9 Å². The predicted octanol–water partition coefficient (Wildman–Crippen LogP) is 3.09. The van der Waals surface area contributed by atoms with Gasteiger partial charge in [-0.25, -0.2) is 0 Å². The molecule has 2 aromatic heterocycles. The van der Waals surface area contributed by atoms with Gasteiger partial charge in [-0.15, -0.1) is 11.3 Å². The molecule has 18 heavy (non-hydrogen) atoms. The molecule has 4 heteroatoms. The Balaban J connectivity index is 2.18. The van der Waals surface area contributed by atoms with Gasteiger partial charge in [0.1, 0.15) is 0 Å². The maximum absolute atomic E-state index is 12.2. The Morgan fingerprint density at radius 3 is 2.61 bits per heavy atom. The maximum Gasteiger partial charge on any atom is 0.178 e. The lowest BCUT2D eigenvalue weighted by Gasteiger charge is -1.99. The summed E-state index contributed by atoms with van der Waals surface area (Å²) in [4.78, 5) is 14.3. The molecule has 0 N–H and O–H groups in total. The summed E-state index contributed by atoms with van der Waals surface area (Å²) in [5.41, 5.74) is 3.22. The van der Waals surface area contributed by atoms with Crippen molar-refractivity contribution in [1.29, 1.82) is 0 Å². The van der Waals surface area contributed by atoms with Crippen LogP contribution in [0.15, 0.2) is 12.1 Å². The Labute approximate surface area is 111 Å². The largest absolute Gasteiger partial charge is 0.293 e. The van der Waals surface area contributed by atoms with Crippen molar-refractivity contribution in [3.63, 3.8) is 0 Å². The van der Waals surface area contributed by atoms with Crippen LogP contribution in [0.3, 0.4) is 0 Å². The van der Waals surface area contributed by atoms with Gasteiger partial charge in [-0.1, -0.05) is 6.92 Å². The quantitative estimate of drug-likeness (QED) is 0.794. The van der Waals surface area contributed by atoms with Crippen LogP contribution in [0.2, 0.25) is 0 Å². The molecule has 0 radical (unpaired) electrons. The Morgan fingerprint density at radius 2 is 2.11 bits per heavy atom. The van der Waals surface area contributed by atoms with E-state index in [0.717, 1.165) is 22.7 Å². The molecule has 0 aromatic carbocycles. The van der Waals surface area contributed by atoms with E-state index in [2.05, 4.69) is 18.9 Å². The first-order valence-electron chi connectivity index (χ1n) is 6.13. The molecule has 0 aliphatic rings. The number of Topliss-reactive ketones (excluding diaryl/α,β-unsaturated/α-hetero) is 1. The molecule has 0 bridgehead atoms. The molecule has 0 saturated heterocycles. The molecule has 2 heterocycles. The van der Waals surface area contributed by atoms with Gasteiger partial charge in [0.2, 0.25) is 0 Å². The number of aromatic nitrogens is 2. The first-order valence-corrected chi connectivity index (χ1v) is 6.95. The zero-order valence-electron chi connectivity index (χ0n) is 11.3. The highest BCUT2D eigenvalue weighted by Gasteiger charge is 2.14. The predicted molar refractivity (Wildman–Crippen MR) is 74.4 cm³/mol. The number of hydrogen-bond acceptors (Lipinski definition) is 3. The standard InChI is InChI=1S/C14H18N2OS/c1-5-11-7-12(16(4)15-11)8-13(17)14-6-9(2)10(3)18-14/h6-7H,5,8H2,1-4H3. The number of hydrogen-bond donors (Lipinski definition) is 0. The first kappa shape index (κ1) is 13.0. The molecule has 0 aliphatic carbocycles. The summed E-state index contributed by atoms with van der Waals surface area (Å²) in [5, 5.41) is 4.37. The van der Waals surface area contributed by atoms with Crippen molar-refractivity contribution in [2.45, 2.75) is 33.6 Å². The average Bonchev–Trinajstić information content (AvgIpc) is 2.84. The van der Waals surface area contributed by atoms with Gasteiger partial charge >= 0.3 is 0 Å². The van der Waals surface area contributed by atoms with Gasteiger partial charge in [-0.2, -0.15) is 5.10 Å². The van der Waals surface area contributed by atoms with E-state index in [1.165, 1.54) is 10.4 Å². The van der Waals surface area contributed by atoms with E-state index in [0.29, 0.717) is 6.42 Å². The summed E-state index contributed by atoms with van der Waals surface area (Å²) in [6, 6.07) is 4.00. The number of rotatable bonds is 4. The van der Waals surface area contributed by atoms with E-state index >= 15 is 0 Å². The van der Waals surface area contributed by atoms with Crippen LogP contribution in [0.25, 0.3) is 0 Å². The third kappa shape index (κ3) is 2.53. The molecule has 2 aromatic rings. The number of carbonyl (C=O) groups excluding carboxylic acids is 1. The van der Waals surface area contributed by atoms with E-state index in [9.17, 15) is 4.79 Å². The molecule has 0 aliphatic heterocycles. The zero-order chi connectivity index (χ0) is 13.3. The molecule has 0 spiro atoms. The fourth-order valence-corrected chi connectivity index (χ4v) is 2.84. The highest BCUT2D eigenvalue weighted by molar-refractivity contribution is 7.14. The normalized spacial score (nSPS) is 10.9. The molecular formula is C14H18N2OS. The van der Waals surface area contributed by atoms with Crippen LogP contribution in [0, 0.1) is 13.8 Å². The second-order valence-corrected chi connectivity index (χ2v) is 5.81. The van der Waals surface area contributed by atoms with Gasteiger partial charge in [0, 0.05) is 17.6 Å². The highest BCUT2D eigenvalue weighted by atomic mass is 32.1. The SMILES string of the molecule is CCc1cc(CC(=O)c2cc(C)c(C)s2)n(C)n1. The third-order valence-electron chi connectivity index (χ3n) is 3.17. The van der Waals surface area contributed by atoms with Crippen LogP contribution >= 0.6 is 11.3 Å². The second kappa shape index (κ2) is 5.06. The van der Waals surface area contributed by atoms with Crippen molar-refractivity contribution >= 4 is 17.1 Å². The van der Waals surface area contributed by atoms with Crippen LogP contribution in [0.4, 0.5) is 0 Å². The first-order chi connectivity index (χ1) is 8.51. The number of ketones is 1. The highest BCUT2D eigenvalue weighted by Crippen LogP contribution is 2.22. The smallest absolute Gasteiger partial charge is 0.178 e. The Hall–Kier alpha value is -1.42. The molecule has 0 saturated carbocycles.